The third kappa shape index (κ3) is 2.42. The van der Waals surface area contributed by atoms with Crippen LogP contribution in [0.5, 0.6) is 0 Å². The van der Waals surface area contributed by atoms with Gasteiger partial charge in [0, 0.05) is 18.5 Å². The first kappa shape index (κ1) is 10.3. The van der Waals surface area contributed by atoms with Crippen molar-refractivity contribution in [3.05, 3.63) is 23.6 Å². The lowest BCUT2D eigenvalue weighted by Crippen LogP contribution is -2.30. The van der Waals surface area contributed by atoms with E-state index in [-0.39, 0.29) is 11.8 Å². The minimum atomic E-state index is -2.98. The van der Waals surface area contributed by atoms with Crippen LogP contribution in [0.1, 0.15) is 5.82 Å². The van der Waals surface area contributed by atoms with Gasteiger partial charge < -0.3 is 5.32 Å². The molecule has 1 atom stereocenters. The maximum atomic E-state index is 11.1. The van der Waals surface area contributed by atoms with Gasteiger partial charge in [-0.05, 0) is 0 Å². The third-order valence-electron chi connectivity index (χ3n) is 2.26. The van der Waals surface area contributed by atoms with Crippen LogP contribution in [0.15, 0.2) is 17.8 Å². The van der Waals surface area contributed by atoms with Gasteiger partial charge in [-0.1, -0.05) is 6.08 Å². The van der Waals surface area contributed by atoms with Gasteiger partial charge in [0.25, 0.3) is 0 Å². The van der Waals surface area contributed by atoms with Crippen molar-refractivity contribution >= 4 is 9.84 Å². The molecule has 82 valence electrons. The molecule has 1 aromatic heterocycles. The fourth-order valence-corrected chi connectivity index (χ4v) is 2.68. The van der Waals surface area contributed by atoms with Gasteiger partial charge in [0.1, 0.15) is 12.2 Å². The number of sulfone groups is 1. The first-order valence-corrected chi connectivity index (χ1v) is 6.25. The Labute approximate surface area is 87.9 Å². The highest BCUT2D eigenvalue weighted by molar-refractivity contribution is 7.94. The van der Waals surface area contributed by atoms with Crippen molar-refractivity contribution < 1.29 is 8.42 Å². The lowest BCUT2D eigenvalue weighted by atomic mass is 10.3. The molecule has 2 heterocycles. The Morgan fingerprint density at radius 3 is 3.00 bits per heavy atom. The largest absolute Gasteiger partial charge is 0.302 e. The van der Waals surface area contributed by atoms with E-state index >= 15 is 0 Å². The number of hydrogen-bond donors (Lipinski definition) is 1. The van der Waals surface area contributed by atoms with Gasteiger partial charge in [0.2, 0.25) is 0 Å². The number of nitrogens with zero attached hydrogens (tertiary/aromatic N) is 3. The zero-order valence-corrected chi connectivity index (χ0v) is 9.11. The standard InChI is InChI=1S/C8H12N4O2S/c1-12-8(10-6-11-12)4-9-7-2-3-15(13,14)5-7/h2-3,6-7,9H,4-5H2,1H3. The molecule has 0 saturated heterocycles. The molecule has 1 aliphatic rings. The van der Waals surface area contributed by atoms with Crippen molar-refractivity contribution in [3.8, 4) is 0 Å². The van der Waals surface area contributed by atoms with Crippen molar-refractivity contribution in [3.63, 3.8) is 0 Å². The summed E-state index contributed by atoms with van der Waals surface area (Å²) in [5, 5.41) is 8.26. The first-order chi connectivity index (χ1) is 7.07. The fourth-order valence-electron chi connectivity index (χ4n) is 1.41. The smallest absolute Gasteiger partial charge is 0.173 e. The van der Waals surface area contributed by atoms with Crippen LogP contribution in [0.2, 0.25) is 0 Å². The number of hydrogen-bond acceptors (Lipinski definition) is 5. The number of rotatable bonds is 3. The number of aromatic nitrogens is 3. The molecule has 7 heteroatoms. The second kappa shape index (κ2) is 3.74. The summed E-state index contributed by atoms with van der Waals surface area (Å²) in [6.45, 7) is 0.515. The van der Waals surface area contributed by atoms with Gasteiger partial charge >= 0.3 is 0 Å². The predicted molar refractivity (Wildman–Crippen MR) is 54.6 cm³/mol. The monoisotopic (exact) mass is 228 g/mol. The van der Waals surface area contributed by atoms with E-state index in [9.17, 15) is 8.42 Å². The molecule has 1 aliphatic heterocycles. The van der Waals surface area contributed by atoms with Gasteiger partial charge in [-0.15, -0.1) is 0 Å². The average molecular weight is 228 g/mol. The van der Waals surface area contributed by atoms with E-state index in [2.05, 4.69) is 15.4 Å². The number of aryl methyl sites for hydroxylation is 1. The number of nitrogens with one attached hydrogen (secondary N) is 1. The molecule has 0 aromatic carbocycles. The quantitative estimate of drug-likeness (QED) is 0.734. The average Bonchev–Trinajstić information content (AvgIpc) is 2.69. The van der Waals surface area contributed by atoms with E-state index in [4.69, 9.17) is 0 Å². The minimum absolute atomic E-state index is 0.119. The maximum Gasteiger partial charge on any atom is 0.173 e. The van der Waals surface area contributed by atoms with Crippen LogP contribution in [0.3, 0.4) is 0 Å². The summed E-state index contributed by atoms with van der Waals surface area (Å²) in [4.78, 5) is 4.03. The molecule has 1 unspecified atom stereocenters. The Kier molecular flexibility index (Phi) is 2.57. The summed E-state index contributed by atoms with van der Waals surface area (Å²) in [7, 11) is -1.19. The van der Waals surface area contributed by atoms with E-state index in [1.165, 1.54) is 11.7 Å². The van der Waals surface area contributed by atoms with Crippen molar-refractivity contribution in [1.82, 2.24) is 20.1 Å². The summed E-state index contributed by atoms with van der Waals surface area (Å²) >= 11 is 0. The van der Waals surface area contributed by atoms with Crippen molar-refractivity contribution in [1.29, 1.82) is 0 Å². The summed E-state index contributed by atoms with van der Waals surface area (Å²) in [6, 6.07) is -0.119. The molecule has 0 bridgehead atoms. The van der Waals surface area contributed by atoms with Crippen LogP contribution in [0.25, 0.3) is 0 Å². The topological polar surface area (TPSA) is 76.9 Å². The Balaban J connectivity index is 1.91. The van der Waals surface area contributed by atoms with E-state index in [1.54, 1.807) is 17.8 Å². The minimum Gasteiger partial charge on any atom is -0.302 e. The van der Waals surface area contributed by atoms with Crippen molar-refractivity contribution in [2.45, 2.75) is 12.6 Å². The van der Waals surface area contributed by atoms with Crippen LogP contribution < -0.4 is 5.32 Å². The van der Waals surface area contributed by atoms with E-state index in [0.717, 1.165) is 5.82 Å². The van der Waals surface area contributed by atoms with Crippen molar-refractivity contribution in [2.24, 2.45) is 7.05 Å². The van der Waals surface area contributed by atoms with Crippen LogP contribution in [-0.4, -0.2) is 35.0 Å². The summed E-state index contributed by atoms with van der Waals surface area (Å²) in [5.74, 6) is 0.915. The first-order valence-electron chi connectivity index (χ1n) is 4.54. The van der Waals surface area contributed by atoms with E-state index in [0.29, 0.717) is 6.54 Å². The van der Waals surface area contributed by atoms with E-state index in [1.807, 2.05) is 0 Å². The lowest BCUT2D eigenvalue weighted by Gasteiger charge is -2.08. The molecule has 0 spiro atoms. The van der Waals surface area contributed by atoms with Gasteiger partial charge in [-0.3, -0.25) is 4.68 Å². The van der Waals surface area contributed by atoms with Gasteiger partial charge in [-0.25, -0.2) is 13.4 Å². The zero-order chi connectivity index (χ0) is 10.9. The molecule has 2 rings (SSSR count). The Morgan fingerprint density at radius 2 is 2.47 bits per heavy atom. The molecule has 0 amide bonds. The molecule has 15 heavy (non-hydrogen) atoms. The summed E-state index contributed by atoms with van der Waals surface area (Å²) in [6.07, 6.45) is 3.13. The molecule has 6 nitrogen and oxygen atoms in total. The van der Waals surface area contributed by atoms with Crippen LogP contribution in [-0.2, 0) is 23.4 Å². The van der Waals surface area contributed by atoms with Crippen LogP contribution >= 0.6 is 0 Å². The Hall–Kier alpha value is -1.21. The van der Waals surface area contributed by atoms with Gasteiger partial charge in [0.05, 0.1) is 12.3 Å². The molecule has 0 fully saturated rings. The predicted octanol–water partition coefficient (Wildman–Crippen LogP) is -0.785. The maximum absolute atomic E-state index is 11.1. The second-order valence-corrected chi connectivity index (χ2v) is 5.38. The molecule has 0 saturated carbocycles. The normalized spacial score (nSPS) is 23.4. The highest BCUT2D eigenvalue weighted by Gasteiger charge is 2.21. The molecule has 1 aromatic rings. The molecular weight excluding hydrogens is 216 g/mol. The third-order valence-corrected chi connectivity index (χ3v) is 3.65. The zero-order valence-electron chi connectivity index (χ0n) is 8.29. The van der Waals surface area contributed by atoms with Crippen molar-refractivity contribution in [2.75, 3.05) is 5.75 Å². The molecule has 1 N–H and O–H groups in total. The van der Waals surface area contributed by atoms with Gasteiger partial charge in [-0.2, -0.15) is 5.10 Å². The molecule has 0 aliphatic carbocycles. The van der Waals surface area contributed by atoms with Gasteiger partial charge in [0.15, 0.2) is 9.84 Å². The van der Waals surface area contributed by atoms with Crippen LogP contribution in [0, 0.1) is 0 Å². The Bertz CT molecular complexity index is 477. The second-order valence-electron chi connectivity index (χ2n) is 3.45. The van der Waals surface area contributed by atoms with E-state index < -0.39 is 9.84 Å². The fraction of sp³-hybridized carbons (Fsp3) is 0.500. The summed E-state index contributed by atoms with van der Waals surface area (Å²) < 4.78 is 23.9. The lowest BCUT2D eigenvalue weighted by molar-refractivity contribution is 0.571. The highest BCUT2D eigenvalue weighted by atomic mass is 32.2. The Morgan fingerprint density at radius 1 is 1.67 bits per heavy atom. The van der Waals surface area contributed by atoms with Crippen LogP contribution in [0.4, 0.5) is 0 Å². The SMILES string of the molecule is Cn1ncnc1CNC1C=CS(=O)(=O)C1. The highest BCUT2D eigenvalue weighted by Crippen LogP contribution is 2.08. The summed E-state index contributed by atoms with van der Waals surface area (Å²) in [5.41, 5.74) is 0. The molecular formula is C8H12N4O2S. The molecule has 0 radical (unpaired) electrons.